The van der Waals surface area contributed by atoms with Crippen LogP contribution in [-0.2, 0) is 14.3 Å². The Labute approximate surface area is 91.0 Å². The van der Waals surface area contributed by atoms with Gasteiger partial charge in [-0.05, 0) is 19.8 Å². The van der Waals surface area contributed by atoms with E-state index in [4.69, 9.17) is 0 Å². The van der Waals surface area contributed by atoms with Gasteiger partial charge in [-0.3, -0.25) is 9.59 Å². The summed E-state index contributed by atoms with van der Waals surface area (Å²) in [4.78, 5) is 22.6. The van der Waals surface area contributed by atoms with Crippen molar-refractivity contribution in [3.8, 4) is 0 Å². The lowest BCUT2D eigenvalue weighted by atomic mass is 9.80. The number of ether oxygens (including phenoxy) is 1. The van der Waals surface area contributed by atoms with E-state index in [1.54, 1.807) is 6.92 Å². The summed E-state index contributed by atoms with van der Waals surface area (Å²) in [6, 6.07) is 0. The maximum Gasteiger partial charge on any atom is 0.391 e. The topological polar surface area (TPSA) is 43.4 Å². The highest BCUT2D eigenvalue weighted by Crippen LogP contribution is 2.38. The molecule has 92 valence electrons. The molecule has 1 aliphatic rings. The van der Waals surface area contributed by atoms with E-state index < -0.39 is 36.2 Å². The summed E-state index contributed by atoms with van der Waals surface area (Å²) in [6.07, 6.45) is -5.24. The first-order valence-corrected chi connectivity index (χ1v) is 5.12. The van der Waals surface area contributed by atoms with Gasteiger partial charge in [0.1, 0.15) is 11.7 Å². The summed E-state index contributed by atoms with van der Waals surface area (Å²) < 4.78 is 41.9. The molecule has 0 unspecified atom stereocenters. The number of carbonyl (C=O) groups excluding carboxylic acids is 2. The van der Waals surface area contributed by atoms with Crippen LogP contribution < -0.4 is 0 Å². The molecule has 1 fully saturated rings. The molecular formula is C10H13F3O3. The molecule has 1 saturated carbocycles. The Morgan fingerprint density at radius 3 is 2.62 bits per heavy atom. The quantitative estimate of drug-likeness (QED) is 0.546. The second-order valence-electron chi connectivity index (χ2n) is 3.78. The average molecular weight is 238 g/mol. The predicted molar refractivity (Wildman–Crippen MR) is 48.5 cm³/mol. The van der Waals surface area contributed by atoms with Crippen molar-refractivity contribution in [1.82, 2.24) is 0 Å². The van der Waals surface area contributed by atoms with Crippen molar-refractivity contribution in [1.29, 1.82) is 0 Å². The summed E-state index contributed by atoms with van der Waals surface area (Å²) in [7, 11) is 0. The first-order chi connectivity index (χ1) is 7.36. The van der Waals surface area contributed by atoms with E-state index >= 15 is 0 Å². The number of Topliss-reactive ketones (excluding diaryl/α,β-unsaturated/α-hetero) is 1. The molecule has 0 aromatic rings. The third-order valence-electron chi connectivity index (χ3n) is 2.68. The largest absolute Gasteiger partial charge is 0.465 e. The van der Waals surface area contributed by atoms with Crippen molar-refractivity contribution in [2.24, 2.45) is 11.8 Å². The van der Waals surface area contributed by atoms with Crippen LogP contribution in [-0.4, -0.2) is 24.5 Å². The van der Waals surface area contributed by atoms with Gasteiger partial charge in [0.15, 0.2) is 0 Å². The summed E-state index contributed by atoms with van der Waals surface area (Å²) in [5, 5.41) is 0. The Morgan fingerprint density at radius 2 is 2.12 bits per heavy atom. The number of hydrogen-bond acceptors (Lipinski definition) is 3. The lowest BCUT2D eigenvalue weighted by Gasteiger charge is -2.28. The third-order valence-corrected chi connectivity index (χ3v) is 2.68. The van der Waals surface area contributed by atoms with Crippen molar-refractivity contribution in [3.05, 3.63) is 0 Å². The Morgan fingerprint density at radius 1 is 1.50 bits per heavy atom. The monoisotopic (exact) mass is 238 g/mol. The number of esters is 1. The molecule has 0 N–H and O–H groups in total. The molecule has 0 amide bonds. The fourth-order valence-corrected chi connectivity index (χ4v) is 1.79. The molecular weight excluding hydrogens is 225 g/mol. The number of ketones is 1. The lowest BCUT2D eigenvalue weighted by Crippen LogP contribution is -2.37. The highest BCUT2D eigenvalue weighted by atomic mass is 19.4. The molecule has 0 bridgehead atoms. The van der Waals surface area contributed by atoms with Crippen LogP contribution in [0.5, 0.6) is 0 Å². The first-order valence-electron chi connectivity index (χ1n) is 5.12. The minimum absolute atomic E-state index is 0.0687. The molecule has 6 heteroatoms. The van der Waals surface area contributed by atoms with Crippen molar-refractivity contribution < 1.29 is 27.5 Å². The molecule has 16 heavy (non-hydrogen) atoms. The summed E-state index contributed by atoms with van der Waals surface area (Å²) >= 11 is 0. The van der Waals surface area contributed by atoms with Gasteiger partial charge in [-0.15, -0.1) is 0 Å². The van der Waals surface area contributed by atoms with Gasteiger partial charge in [-0.2, -0.15) is 13.2 Å². The van der Waals surface area contributed by atoms with E-state index in [-0.39, 0.29) is 19.4 Å². The maximum absolute atomic E-state index is 12.4. The maximum atomic E-state index is 12.4. The van der Waals surface area contributed by atoms with E-state index in [2.05, 4.69) is 4.74 Å². The second kappa shape index (κ2) is 4.84. The van der Waals surface area contributed by atoms with Crippen molar-refractivity contribution in [2.75, 3.05) is 6.61 Å². The van der Waals surface area contributed by atoms with Crippen LogP contribution in [0.25, 0.3) is 0 Å². The molecule has 3 nitrogen and oxygen atoms in total. The highest BCUT2D eigenvalue weighted by Gasteiger charge is 2.46. The number of hydrogen-bond donors (Lipinski definition) is 0. The zero-order chi connectivity index (χ0) is 12.3. The van der Waals surface area contributed by atoms with E-state index in [1.165, 1.54) is 0 Å². The SMILES string of the molecule is CCOC(=O)[C@@H]1C[C@H](C(F)(F)F)CCC1=O. The average Bonchev–Trinajstić information content (AvgIpc) is 2.16. The number of halogens is 3. The van der Waals surface area contributed by atoms with Crippen LogP contribution >= 0.6 is 0 Å². The molecule has 0 spiro atoms. The summed E-state index contributed by atoms with van der Waals surface area (Å²) in [6.45, 7) is 1.62. The van der Waals surface area contributed by atoms with E-state index in [1.807, 2.05) is 0 Å². The van der Waals surface area contributed by atoms with Crippen molar-refractivity contribution in [2.45, 2.75) is 32.4 Å². The van der Waals surface area contributed by atoms with Crippen LogP contribution in [0.15, 0.2) is 0 Å². The minimum Gasteiger partial charge on any atom is -0.465 e. The van der Waals surface area contributed by atoms with Gasteiger partial charge >= 0.3 is 12.1 Å². The fourth-order valence-electron chi connectivity index (χ4n) is 1.79. The number of alkyl halides is 3. The highest BCUT2D eigenvalue weighted by molar-refractivity contribution is 5.99. The summed E-state index contributed by atoms with van der Waals surface area (Å²) in [5.41, 5.74) is 0. The van der Waals surface area contributed by atoms with Crippen LogP contribution in [0.3, 0.4) is 0 Å². The van der Waals surface area contributed by atoms with Gasteiger partial charge in [0.25, 0.3) is 0 Å². The Hall–Kier alpha value is -1.07. The van der Waals surface area contributed by atoms with Gasteiger partial charge in [0.2, 0.25) is 0 Å². The second-order valence-corrected chi connectivity index (χ2v) is 3.78. The van der Waals surface area contributed by atoms with Crippen LogP contribution in [0.2, 0.25) is 0 Å². The normalized spacial score (nSPS) is 26.6. The van der Waals surface area contributed by atoms with E-state index in [9.17, 15) is 22.8 Å². The number of carbonyl (C=O) groups is 2. The van der Waals surface area contributed by atoms with E-state index in [0.717, 1.165) is 0 Å². The molecule has 0 aliphatic heterocycles. The Kier molecular flexibility index (Phi) is 3.93. The predicted octanol–water partition coefficient (Wildman–Crippen LogP) is 2.10. The standard InChI is InChI=1S/C10H13F3O3/c1-2-16-9(15)7-5-6(10(11,12)13)3-4-8(7)14/h6-7H,2-5H2,1H3/t6-,7-/m1/s1. The Balaban J connectivity index is 2.69. The zero-order valence-corrected chi connectivity index (χ0v) is 8.84. The van der Waals surface area contributed by atoms with Crippen LogP contribution in [0.1, 0.15) is 26.2 Å². The lowest BCUT2D eigenvalue weighted by molar-refractivity contribution is -0.189. The smallest absolute Gasteiger partial charge is 0.391 e. The molecule has 1 aliphatic carbocycles. The molecule has 0 saturated heterocycles. The molecule has 0 radical (unpaired) electrons. The van der Waals surface area contributed by atoms with E-state index in [0.29, 0.717) is 0 Å². The Bertz CT molecular complexity index is 286. The van der Waals surface area contributed by atoms with Crippen molar-refractivity contribution >= 4 is 11.8 Å². The van der Waals surface area contributed by atoms with Crippen LogP contribution in [0, 0.1) is 11.8 Å². The first kappa shape index (κ1) is 13.0. The molecule has 1 rings (SSSR count). The fraction of sp³-hybridized carbons (Fsp3) is 0.800. The molecule has 2 atom stereocenters. The minimum atomic E-state index is -4.34. The third kappa shape index (κ3) is 2.96. The van der Waals surface area contributed by atoms with Gasteiger partial charge in [-0.1, -0.05) is 0 Å². The summed E-state index contributed by atoms with van der Waals surface area (Å²) in [5.74, 6) is -4.08. The van der Waals surface area contributed by atoms with Gasteiger partial charge < -0.3 is 4.74 Å². The zero-order valence-electron chi connectivity index (χ0n) is 8.84. The number of rotatable bonds is 2. The molecule has 0 aromatic heterocycles. The molecule has 0 aromatic carbocycles. The van der Waals surface area contributed by atoms with Gasteiger partial charge in [0.05, 0.1) is 12.5 Å². The van der Waals surface area contributed by atoms with Gasteiger partial charge in [-0.25, -0.2) is 0 Å². The van der Waals surface area contributed by atoms with Crippen molar-refractivity contribution in [3.63, 3.8) is 0 Å². The molecule has 0 heterocycles. The van der Waals surface area contributed by atoms with Gasteiger partial charge in [0, 0.05) is 6.42 Å². The van der Waals surface area contributed by atoms with Crippen LogP contribution in [0.4, 0.5) is 13.2 Å².